The maximum absolute atomic E-state index is 9.51. The normalized spacial score (nSPS) is 41.7. The quantitative estimate of drug-likeness (QED) is 0.592. The van der Waals surface area contributed by atoms with Crippen LogP contribution in [0.15, 0.2) is 0 Å². The van der Waals surface area contributed by atoms with Crippen molar-refractivity contribution in [2.75, 3.05) is 0 Å². The van der Waals surface area contributed by atoms with Gasteiger partial charge in [-0.15, -0.1) is 0 Å². The molecule has 0 bridgehead atoms. The first-order valence-electron chi connectivity index (χ1n) is 4.21. The standard InChI is InChI=1S/C9H17O/c1-3-8-5-4-7(2)6-9(8)10/h3,7-10H,4-6H2,1-2H3. The molecular weight excluding hydrogens is 124 g/mol. The predicted octanol–water partition coefficient (Wildman–Crippen LogP) is 2.01. The van der Waals surface area contributed by atoms with Gasteiger partial charge in [0.15, 0.2) is 0 Å². The van der Waals surface area contributed by atoms with Crippen LogP contribution in [0.2, 0.25) is 0 Å². The van der Waals surface area contributed by atoms with Crippen LogP contribution in [0.25, 0.3) is 0 Å². The SMILES string of the molecule is C[CH]C1CCC(C)CC1O. The molecule has 1 aliphatic rings. The highest BCUT2D eigenvalue weighted by molar-refractivity contribution is 4.84. The minimum atomic E-state index is -0.0613. The molecule has 0 aromatic rings. The summed E-state index contributed by atoms with van der Waals surface area (Å²) in [6.45, 7) is 4.26. The zero-order chi connectivity index (χ0) is 7.56. The lowest BCUT2D eigenvalue weighted by Gasteiger charge is -2.30. The molecule has 0 aromatic heterocycles. The lowest BCUT2D eigenvalue weighted by Crippen LogP contribution is -2.27. The molecule has 3 atom stereocenters. The Hall–Kier alpha value is -0.0400. The highest BCUT2D eigenvalue weighted by atomic mass is 16.3. The number of hydrogen-bond donors (Lipinski definition) is 1. The molecule has 3 unspecified atom stereocenters. The van der Waals surface area contributed by atoms with Crippen molar-refractivity contribution >= 4 is 0 Å². The van der Waals surface area contributed by atoms with Crippen molar-refractivity contribution in [2.24, 2.45) is 11.8 Å². The Morgan fingerprint density at radius 1 is 1.40 bits per heavy atom. The zero-order valence-electron chi connectivity index (χ0n) is 6.88. The first-order chi connectivity index (χ1) is 4.74. The van der Waals surface area contributed by atoms with Crippen molar-refractivity contribution in [3.8, 4) is 0 Å². The summed E-state index contributed by atoms with van der Waals surface area (Å²) in [5.41, 5.74) is 0. The topological polar surface area (TPSA) is 20.2 Å². The molecule has 1 aliphatic carbocycles. The van der Waals surface area contributed by atoms with Crippen LogP contribution in [0, 0.1) is 18.3 Å². The molecule has 1 radical (unpaired) electrons. The van der Waals surface area contributed by atoms with E-state index in [1.54, 1.807) is 0 Å². The second-order valence-electron chi connectivity index (χ2n) is 3.48. The van der Waals surface area contributed by atoms with Crippen LogP contribution in [0.3, 0.4) is 0 Å². The third-order valence-corrected chi connectivity index (χ3v) is 2.56. The van der Waals surface area contributed by atoms with E-state index in [0.717, 1.165) is 12.3 Å². The molecule has 0 spiro atoms. The van der Waals surface area contributed by atoms with Crippen LogP contribution in [0.1, 0.15) is 33.1 Å². The minimum absolute atomic E-state index is 0.0613. The van der Waals surface area contributed by atoms with Gasteiger partial charge in [-0.25, -0.2) is 0 Å². The Balaban J connectivity index is 2.36. The number of rotatable bonds is 1. The lowest BCUT2D eigenvalue weighted by atomic mass is 9.79. The van der Waals surface area contributed by atoms with Gasteiger partial charge >= 0.3 is 0 Å². The molecule has 1 fully saturated rings. The molecule has 0 amide bonds. The summed E-state index contributed by atoms with van der Waals surface area (Å²) in [6.07, 6.45) is 5.53. The van der Waals surface area contributed by atoms with E-state index in [2.05, 4.69) is 13.3 Å². The Kier molecular flexibility index (Phi) is 2.72. The summed E-state index contributed by atoms with van der Waals surface area (Å²) in [5, 5.41) is 9.51. The van der Waals surface area contributed by atoms with Gasteiger partial charge in [0.2, 0.25) is 0 Å². The van der Waals surface area contributed by atoms with Crippen LogP contribution >= 0.6 is 0 Å². The van der Waals surface area contributed by atoms with E-state index in [1.807, 2.05) is 6.92 Å². The summed E-state index contributed by atoms with van der Waals surface area (Å²) in [5.74, 6) is 1.20. The summed E-state index contributed by atoms with van der Waals surface area (Å²) in [4.78, 5) is 0. The van der Waals surface area contributed by atoms with Gasteiger partial charge in [-0.3, -0.25) is 0 Å². The van der Waals surface area contributed by atoms with Crippen LogP contribution in [0.5, 0.6) is 0 Å². The van der Waals surface area contributed by atoms with E-state index < -0.39 is 0 Å². The minimum Gasteiger partial charge on any atom is -0.393 e. The van der Waals surface area contributed by atoms with E-state index in [9.17, 15) is 5.11 Å². The summed E-state index contributed by atoms with van der Waals surface area (Å²) in [6, 6.07) is 0. The molecule has 0 aliphatic heterocycles. The Labute approximate surface area is 63.4 Å². The Bertz CT molecular complexity index is 101. The van der Waals surface area contributed by atoms with Crippen LogP contribution < -0.4 is 0 Å². The summed E-state index contributed by atoms with van der Waals surface area (Å²) >= 11 is 0. The van der Waals surface area contributed by atoms with Gasteiger partial charge in [-0.05, 0) is 31.1 Å². The number of hydrogen-bond acceptors (Lipinski definition) is 1. The fourth-order valence-electron chi connectivity index (χ4n) is 1.76. The molecule has 1 saturated carbocycles. The van der Waals surface area contributed by atoms with Gasteiger partial charge in [0.1, 0.15) is 0 Å². The molecule has 0 saturated heterocycles. The largest absolute Gasteiger partial charge is 0.393 e. The highest BCUT2D eigenvalue weighted by Gasteiger charge is 2.25. The molecule has 1 rings (SSSR count). The molecule has 10 heavy (non-hydrogen) atoms. The molecular formula is C9H17O. The predicted molar refractivity (Wildman–Crippen MR) is 42.5 cm³/mol. The third-order valence-electron chi connectivity index (χ3n) is 2.56. The first-order valence-corrected chi connectivity index (χ1v) is 4.21. The third kappa shape index (κ3) is 1.72. The van der Waals surface area contributed by atoms with Gasteiger partial charge in [0.05, 0.1) is 6.10 Å². The molecule has 1 nitrogen and oxygen atoms in total. The van der Waals surface area contributed by atoms with Crippen molar-refractivity contribution < 1.29 is 5.11 Å². The van der Waals surface area contributed by atoms with Crippen LogP contribution in [-0.2, 0) is 0 Å². The summed E-state index contributed by atoms with van der Waals surface area (Å²) < 4.78 is 0. The monoisotopic (exact) mass is 141 g/mol. The van der Waals surface area contributed by atoms with E-state index in [1.165, 1.54) is 12.8 Å². The molecule has 0 heterocycles. The van der Waals surface area contributed by atoms with E-state index in [4.69, 9.17) is 0 Å². The van der Waals surface area contributed by atoms with Crippen molar-refractivity contribution in [2.45, 2.75) is 39.2 Å². The van der Waals surface area contributed by atoms with Crippen molar-refractivity contribution in [3.05, 3.63) is 6.42 Å². The number of aliphatic hydroxyl groups is 1. The van der Waals surface area contributed by atoms with Crippen molar-refractivity contribution in [1.82, 2.24) is 0 Å². The Morgan fingerprint density at radius 2 is 2.10 bits per heavy atom. The average Bonchev–Trinajstić information content (AvgIpc) is 1.88. The van der Waals surface area contributed by atoms with Gasteiger partial charge in [-0.1, -0.05) is 20.3 Å². The molecule has 0 aromatic carbocycles. The maximum Gasteiger partial charge on any atom is 0.0573 e. The van der Waals surface area contributed by atoms with Gasteiger partial charge in [0, 0.05) is 0 Å². The van der Waals surface area contributed by atoms with Crippen LogP contribution in [-0.4, -0.2) is 11.2 Å². The number of aliphatic hydroxyl groups excluding tert-OH is 1. The first kappa shape index (κ1) is 8.06. The fraction of sp³-hybridized carbons (Fsp3) is 0.889. The second kappa shape index (κ2) is 3.38. The molecule has 1 heteroatoms. The second-order valence-corrected chi connectivity index (χ2v) is 3.48. The Morgan fingerprint density at radius 3 is 2.60 bits per heavy atom. The fourth-order valence-corrected chi connectivity index (χ4v) is 1.76. The average molecular weight is 141 g/mol. The smallest absolute Gasteiger partial charge is 0.0573 e. The highest BCUT2D eigenvalue weighted by Crippen LogP contribution is 2.29. The van der Waals surface area contributed by atoms with Crippen molar-refractivity contribution in [1.29, 1.82) is 0 Å². The zero-order valence-corrected chi connectivity index (χ0v) is 6.88. The van der Waals surface area contributed by atoms with Crippen molar-refractivity contribution in [3.63, 3.8) is 0 Å². The molecule has 59 valence electrons. The van der Waals surface area contributed by atoms with Gasteiger partial charge < -0.3 is 5.11 Å². The lowest BCUT2D eigenvalue weighted by molar-refractivity contribution is 0.0638. The van der Waals surface area contributed by atoms with Gasteiger partial charge in [0.25, 0.3) is 0 Å². The van der Waals surface area contributed by atoms with Crippen LogP contribution in [0.4, 0.5) is 0 Å². The van der Waals surface area contributed by atoms with E-state index in [0.29, 0.717) is 5.92 Å². The summed E-state index contributed by atoms with van der Waals surface area (Å²) in [7, 11) is 0. The van der Waals surface area contributed by atoms with E-state index >= 15 is 0 Å². The van der Waals surface area contributed by atoms with E-state index in [-0.39, 0.29) is 6.10 Å². The molecule has 1 N–H and O–H groups in total. The van der Waals surface area contributed by atoms with Gasteiger partial charge in [-0.2, -0.15) is 0 Å². The maximum atomic E-state index is 9.51.